The lowest BCUT2D eigenvalue weighted by Crippen LogP contribution is -2.50. The van der Waals surface area contributed by atoms with Crippen molar-refractivity contribution in [2.24, 2.45) is 0 Å². The number of nitrogens with one attached hydrogen (secondary N) is 1. The van der Waals surface area contributed by atoms with Crippen LogP contribution >= 0.6 is 0 Å². The molecule has 3 aromatic carbocycles. The molecule has 0 spiro atoms. The van der Waals surface area contributed by atoms with Gasteiger partial charge in [0.05, 0.1) is 0 Å². The zero-order chi connectivity index (χ0) is 23.8. The van der Waals surface area contributed by atoms with Crippen molar-refractivity contribution in [2.75, 3.05) is 6.79 Å². The number of amides is 2. The molecule has 0 saturated carbocycles. The van der Waals surface area contributed by atoms with E-state index in [-0.39, 0.29) is 18.6 Å². The molecule has 0 saturated heterocycles. The van der Waals surface area contributed by atoms with Gasteiger partial charge in [0.15, 0.2) is 11.5 Å². The molecule has 4 rings (SSSR count). The number of carbonyl (C=O) groups is 2. The fourth-order valence-electron chi connectivity index (χ4n) is 4.05. The summed E-state index contributed by atoms with van der Waals surface area (Å²) in [5.41, 5.74) is 2.91. The number of hydrogen-bond donors (Lipinski definition) is 1. The van der Waals surface area contributed by atoms with E-state index in [0.29, 0.717) is 37.4 Å². The second-order valence-corrected chi connectivity index (χ2v) is 8.37. The minimum atomic E-state index is -0.629. The summed E-state index contributed by atoms with van der Waals surface area (Å²) < 4.78 is 10.8. The maximum absolute atomic E-state index is 13.5. The van der Waals surface area contributed by atoms with Crippen LogP contribution in [0.3, 0.4) is 0 Å². The van der Waals surface area contributed by atoms with Gasteiger partial charge in [0.25, 0.3) is 0 Å². The number of hydrogen-bond acceptors (Lipinski definition) is 4. The van der Waals surface area contributed by atoms with Crippen LogP contribution in [0.2, 0.25) is 0 Å². The van der Waals surface area contributed by atoms with Gasteiger partial charge >= 0.3 is 0 Å². The van der Waals surface area contributed by atoms with Crippen molar-refractivity contribution in [3.8, 4) is 11.5 Å². The molecule has 6 heteroatoms. The normalized spacial score (nSPS) is 12.7. The van der Waals surface area contributed by atoms with Crippen molar-refractivity contribution in [3.05, 3.63) is 95.6 Å². The minimum absolute atomic E-state index is 0.0227. The van der Waals surface area contributed by atoms with Crippen molar-refractivity contribution >= 4 is 11.8 Å². The smallest absolute Gasteiger partial charge is 0.243 e. The molecular weight excluding hydrogens is 428 g/mol. The monoisotopic (exact) mass is 458 g/mol. The van der Waals surface area contributed by atoms with Gasteiger partial charge in [-0.25, -0.2) is 0 Å². The molecule has 0 radical (unpaired) electrons. The van der Waals surface area contributed by atoms with E-state index in [1.54, 1.807) is 4.90 Å². The van der Waals surface area contributed by atoms with Gasteiger partial charge < -0.3 is 19.7 Å². The van der Waals surface area contributed by atoms with Crippen LogP contribution in [0.5, 0.6) is 11.5 Å². The van der Waals surface area contributed by atoms with Crippen molar-refractivity contribution < 1.29 is 19.1 Å². The molecule has 6 nitrogen and oxygen atoms in total. The second kappa shape index (κ2) is 11.4. The highest BCUT2D eigenvalue weighted by Gasteiger charge is 2.30. The lowest BCUT2D eigenvalue weighted by molar-refractivity contribution is -0.141. The van der Waals surface area contributed by atoms with Crippen LogP contribution in [0.4, 0.5) is 0 Å². The van der Waals surface area contributed by atoms with Crippen LogP contribution in [0.15, 0.2) is 78.9 Å². The van der Waals surface area contributed by atoms with E-state index in [4.69, 9.17) is 9.47 Å². The summed E-state index contributed by atoms with van der Waals surface area (Å²) in [6.07, 6.45) is 1.56. The molecule has 0 fully saturated rings. The summed E-state index contributed by atoms with van der Waals surface area (Å²) in [4.78, 5) is 28.5. The molecule has 1 atom stereocenters. The third kappa shape index (κ3) is 5.95. The Bertz CT molecular complexity index is 1100. The summed E-state index contributed by atoms with van der Waals surface area (Å²) in [6, 6.07) is 24.6. The molecule has 3 aromatic rings. The molecule has 1 aliphatic heterocycles. The predicted molar refractivity (Wildman–Crippen MR) is 130 cm³/mol. The van der Waals surface area contributed by atoms with Crippen LogP contribution < -0.4 is 14.8 Å². The number of rotatable bonds is 10. The first kappa shape index (κ1) is 23.4. The van der Waals surface area contributed by atoms with Gasteiger partial charge in [-0.3, -0.25) is 9.59 Å². The van der Waals surface area contributed by atoms with Crippen molar-refractivity contribution in [3.63, 3.8) is 0 Å². The molecule has 0 aliphatic carbocycles. The van der Waals surface area contributed by atoms with Gasteiger partial charge in [-0.1, -0.05) is 73.7 Å². The fourth-order valence-corrected chi connectivity index (χ4v) is 4.05. The molecule has 1 aliphatic rings. The van der Waals surface area contributed by atoms with Crippen LogP contribution in [-0.2, 0) is 29.1 Å². The molecule has 0 bridgehead atoms. The maximum atomic E-state index is 13.5. The third-order valence-electron chi connectivity index (χ3n) is 5.83. The van der Waals surface area contributed by atoms with Crippen molar-refractivity contribution in [1.82, 2.24) is 10.2 Å². The molecule has 1 heterocycles. The largest absolute Gasteiger partial charge is 0.454 e. The van der Waals surface area contributed by atoms with Crippen molar-refractivity contribution in [2.45, 2.75) is 45.3 Å². The fraction of sp³-hybridized carbons (Fsp3) is 0.286. The lowest BCUT2D eigenvalue weighted by Gasteiger charge is -2.31. The molecule has 1 unspecified atom stereocenters. The number of benzene rings is 3. The molecule has 1 N–H and O–H groups in total. The Labute approximate surface area is 200 Å². The van der Waals surface area contributed by atoms with E-state index >= 15 is 0 Å². The summed E-state index contributed by atoms with van der Waals surface area (Å²) in [5.74, 6) is 1.18. The van der Waals surface area contributed by atoms with E-state index in [0.717, 1.165) is 23.1 Å². The SMILES string of the molecule is CCCC(=O)N(Cc1ccccc1)C(Cc1ccccc1)C(=O)NCc1ccc2c(c1)OCO2. The predicted octanol–water partition coefficient (Wildman–Crippen LogP) is 4.47. The number of carbonyl (C=O) groups excluding carboxylic acids is 2. The first-order valence-corrected chi connectivity index (χ1v) is 11.7. The summed E-state index contributed by atoms with van der Waals surface area (Å²) in [6.45, 7) is 2.90. The van der Waals surface area contributed by atoms with E-state index in [1.165, 1.54) is 0 Å². The molecule has 176 valence electrons. The third-order valence-corrected chi connectivity index (χ3v) is 5.83. The van der Waals surface area contributed by atoms with Gasteiger partial charge in [0.1, 0.15) is 6.04 Å². The summed E-state index contributed by atoms with van der Waals surface area (Å²) in [7, 11) is 0. The van der Waals surface area contributed by atoms with Gasteiger partial charge in [-0.15, -0.1) is 0 Å². The molecule has 34 heavy (non-hydrogen) atoms. The van der Waals surface area contributed by atoms with Gasteiger partial charge in [-0.05, 0) is 35.2 Å². The number of nitrogens with zero attached hydrogens (tertiary/aromatic N) is 1. The summed E-state index contributed by atoms with van der Waals surface area (Å²) in [5, 5.41) is 3.04. The Morgan fingerprint density at radius 1 is 0.882 bits per heavy atom. The van der Waals surface area contributed by atoms with Crippen LogP contribution in [0, 0.1) is 0 Å². The van der Waals surface area contributed by atoms with E-state index in [9.17, 15) is 9.59 Å². The summed E-state index contributed by atoms with van der Waals surface area (Å²) >= 11 is 0. The quantitative estimate of drug-likeness (QED) is 0.487. The highest BCUT2D eigenvalue weighted by molar-refractivity contribution is 5.88. The van der Waals surface area contributed by atoms with Crippen LogP contribution in [0.25, 0.3) is 0 Å². The molecule has 0 aromatic heterocycles. The maximum Gasteiger partial charge on any atom is 0.243 e. The van der Waals surface area contributed by atoms with Gasteiger partial charge in [-0.2, -0.15) is 0 Å². The van der Waals surface area contributed by atoms with E-state index < -0.39 is 6.04 Å². The first-order valence-electron chi connectivity index (χ1n) is 11.7. The Balaban J connectivity index is 1.56. The Morgan fingerprint density at radius 2 is 1.56 bits per heavy atom. The Kier molecular flexibility index (Phi) is 7.81. The Morgan fingerprint density at radius 3 is 2.26 bits per heavy atom. The zero-order valence-corrected chi connectivity index (χ0v) is 19.4. The standard InChI is InChI=1S/C28H30N2O4/c1-2-9-27(31)30(19-22-12-7-4-8-13-22)24(16-21-10-5-3-6-11-21)28(32)29-18-23-14-15-25-26(17-23)34-20-33-25/h3-8,10-15,17,24H,2,9,16,18-20H2,1H3,(H,29,32). The van der Waals surface area contributed by atoms with Gasteiger partial charge in [0, 0.05) is 25.9 Å². The topological polar surface area (TPSA) is 67.9 Å². The van der Waals surface area contributed by atoms with E-state index in [1.807, 2.05) is 85.8 Å². The zero-order valence-electron chi connectivity index (χ0n) is 19.4. The lowest BCUT2D eigenvalue weighted by atomic mass is 10.0. The van der Waals surface area contributed by atoms with Crippen molar-refractivity contribution in [1.29, 1.82) is 0 Å². The molecule has 2 amide bonds. The minimum Gasteiger partial charge on any atom is -0.454 e. The van der Waals surface area contributed by atoms with Crippen LogP contribution in [0.1, 0.15) is 36.5 Å². The average molecular weight is 459 g/mol. The Hall–Kier alpha value is -3.80. The highest BCUT2D eigenvalue weighted by atomic mass is 16.7. The van der Waals surface area contributed by atoms with Crippen LogP contribution in [-0.4, -0.2) is 29.5 Å². The first-order chi connectivity index (χ1) is 16.6. The highest BCUT2D eigenvalue weighted by Crippen LogP contribution is 2.32. The van der Waals surface area contributed by atoms with E-state index in [2.05, 4.69) is 5.32 Å². The van der Waals surface area contributed by atoms with Gasteiger partial charge in [0.2, 0.25) is 18.6 Å². The average Bonchev–Trinajstić information content (AvgIpc) is 3.34. The second-order valence-electron chi connectivity index (χ2n) is 8.37. The number of fused-ring (bicyclic) bond motifs is 1. The molecular formula is C28H30N2O4. The number of ether oxygens (including phenoxy) is 2.